The van der Waals surface area contributed by atoms with E-state index in [-0.39, 0.29) is 34.0 Å². The summed E-state index contributed by atoms with van der Waals surface area (Å²) < 4.78 is 39.2. The van der Waals surface area contributed by atoms with E-state index in [1.54, 1.807) is 0 Å². The number of aliphatic imine (C=N–C) groups is 1. The molecule has 11 heteroatoms. The van der Waals surface area contributed by atoms with Gasteiger partial charge >= 0.3 is 0 Å². The fourth-order valence-corrected chi connectivity index (χ4v) is 3.32. The van der Waals surface area contributed by atoms with Gasteiger partial charge in [-0.2, -0.15) is 8.42 Å². The normalized spacial score (nSPS) is 13.0. The number of hydrogen-bond donors (Lipinski definition) is 1. The maximum absolute atomic E-state index is 12.5. The molecule has 1 aromatic rings. The van der Waals surface area contributed by atoms with E-state index >= 15 is 0 Å². The largest absolute Gasteiger partial charge is 0.382 e. The molecular weight excluding hydrogens is 457 g/mol. The number of nitrogens with one attached hydrogen (secondary N) is 1. The number of nitrogens with zero attached hydrogens (tertiary/aromatic N) is 2. The van der Waals surface area contributed by atoms with Gasteiger partial charge < -0.3 is 14.8 Å². The topological polar surface area (TPSA) is 89.3 Å². The van der Waals surface area contributed by atoms with Crippen LogP contribution in [0.3, 0.4) is 0 Å². The maximum Gasteiger partial charge on any atom is 0.285 e. The van der Waals surface area contributed by atoms with Gasteiger partial charge in [0.1, 0.15) is 21.9 Å². The zero-order valence-corrected chi connectivity index (χ0v) is 17.1. The molecule has 0 saturated carbocycles. The molecule has 138 valence electrons. The molecule has 0 heterocycles. The van der Waals surface area contributed by atoms with Crippen molar-refractivity contribution in [3.63, 3.8) is 0 Å². The zero-order valence-electron chi connectivity index (χ0n) is 13.2. The summed E-state index contributed by atoms with van der Waals surface area (Å²) in [5.74, 6) is 0.0211. The molecule has 0 amide bonds. The van der Waals surface area contributed by atoms with Gasteiger partial charge in [-0.25, -0.2) is 0 Å². The molecule has 0 atom stereocenters. The molecule has 0 aliphatic rings. The minimum absolute atomic E-state index is 0.0211. The first-order chi connectivity index (χ1) is 11.8. The molecule has 0 unspecified atom stereocenters. The van der Waals surface area contributed by atoms with Gasteiger partial charge in [-0.15, -0.1) is 4.40 Å². The first-order valence-corrected chi connectivity index (χ1v) is 9.74. The van der Waals surface area contributed by atoms with Crippen molar-refractivity contribution in [2.45, 2.75) is 4.90 Å². The Bertz CT molecular complexity index is 769. The van der Waals surface area contributed by atoms with Crippen molar-refractivity contribution < 1.29 is 17.9 Å². The van der Waals surface area contributed by atoms with Crippen LogP contribution in [0, 0.1) is 0 Å². The summed E-state index contributed by atoms with van der Waals surface area (Å²) in [6.07, 6.45) is 1.38. The van der Waals surface area contributed by atoms with E-state index in [0.29, 0.717) is 11.2 Å². The van der Waals surface area contributed by atoms with Gasteiger partial charge in [0.25, 0.3) is 10.0 Å². The molecule has 0 aromatic heterocycles. The van der Waals surface area contributed by atoms with Crippen molar-refractivity contribution in [1.82, 2.24) is 5.32 Å². The Balaban J connectivity index is 3.12. The van der Waals surface area contributed by atoms with Gasteiger partial charge in [-0.05, 0) is 34.8 Å². The molecule has 1 N–H and O–H groups in total. The molecule has 0 aliphatic heterocycles. The lowest BCUT2D eigenvalue weighted by atomic mass is 10.4. The zero-order chi connectivity index (χ0) is 18.9. The third-order valence-corrected chi connectivity index (χ3v) is 5.37. The highest BCUT2D eigenvalue weighted by atomic mass is 79.9. The van der Waals surface area contributed by atoms with Crippen LogP contribution in [-0.2, 0) is 19.5 Å². The van der Waals surface area contributed by atoms with Gasteiger partial charge in [-0.3, -0.25) is 4.99 Å². The number of rotatable bonds is 9. The first kappa shape index (κ1) is 22.1. The Morgan fingerprint density at radius 2 is 2.12 bits per heavy atom. The van der Waals surface area contributed by atoms with Gasteiger partial charge in [-0.1, -0.05) is 29.3 Å². The monoisotopic (exact) mass is 471 g/mol. The average molecular weight is 473 g/mol. The van der Waals surface area contributed by atoms with E-state index in [1.807, 2.05) is 0 Å². The second-order valence-electron chi connectivity index (χ2n) is 4.38. The van der Waals surface area contributed by atoms with Crippen molar-refractivity contribution in [3.05, 3.63) is 39.1 Å². The highest BCUT2D eigenvalue weighted by Crippen LogP contribution is 2.30. The lowest BCUT2D eigenvalue weighted by Gasteiger charge is -2.09. The van der Waals surface area contributed by atoms with E-state index in [1.165, 1.54) is 31.5 Å². The smallest absolute Gasteiger partial charge is 0.285 e. The van der Waals surface area contributed by atoms with E-state index in [4.69, 9.17) is 32.7 Å². The lowest BCUT2D eigenvalue weighted by Crippen LogP contribution is -2.26. The van der Waals surface area contributed by atoms with Crippen molar-refractivity contribution >= 4 is 61.7 Å². The van der Waals surface area contributed by atoms with E-state index in [9.17, 15) is 8.42 Å². The number of ether oxygens (including phenoxy) is 2. The van der Waals surface area contributed by atoms with Gasteiger partial charge in [0.05, 0.1) is 23.3 Å². The molecule has 0 spiro atoms. The molecule has 0 aliphatic carbocycles. The van der Waals surface area contributed by atoms with Crippen LogP contribution in [0.1, 0.15) is 0 Å². The molecular formula is C14H16BrCl2N3O4S. The minimum Gasteiger partial charge on any atom is -0.382 e. The third kappa shape index (κ3) is 7.43. The maximum atomic E-state index is 12.5. The summed E-state index contributed by atoms with van der Waals surface area (Å²) in [4.78, 5) is 3.41. The predicted octanol–water partition coefficient (Wildman–Crippen LogP) is 3.23. The van der Waals surface area contributed by atoms with Crippen LogP contribution in [0.25, 0.3) is 0 Å². The number of benzene rings is 1. The van der Waals surface area contributed by atoms with Crippen molar-refractivity contribution in [3.8, 4) is 0 Å². The van der Waals surface area contributed by atoms with E-state index in [0.717, 1.165) is 0 Å². The molecule has 1 aromatic carbocycles. The van der Waals surface area contributed by atoms with Crippen LogP contribution in [0.15, 0.2) is 43.3 Å². The summed E-state index contributed by atoms with van der Waals surface area (Å²) in [6, 6.07) is 4.26. The molecule has 1 rings (SSSR count). The Morgan fingerprint density at radius 1 is 1.40 bits per heavy atom. The van der Waals surface area contributed by atoms with Crippen molar-refractivity contribution in [2.24, 2.45) is 9.39 Å². The Morgan fingerprint density at radius 3 is 2.76 bits per heavy atom. The predicted molar refractivity (Wildman–Crippen MR) is 103 cm³/mol. The fourth-order valence-electron chi connectivity index (χ4n) is 1.47. The molecule has 25 heavy (non-hydrogen) atoms. The Hall–Kier alpha value is -0.970. The summed E-state index contributed by atoms with van der Waals surface area (Å²) in [7, 11) is -2.58. The van der Waals surface area contributed by atoms with Crippen LogP contribution in [0.4, 0.5) is 0 Å². The van der Waals surface area contributed by atoms with Crippen LogP contribution < -0.4 is 5.32 Å². The molecule has 0 bridgehead atoms. The van der Waals surface area contributed by atoms with E-state index < -0.39 is 10.0 Å². The number of methoxy groups -OCH3 is 1. The van der Waals surface area contributed by atoms with Crippen LogP contribution in [0.2, 0.25) is 10.0 Å². The summed E-state index contributed by atoms with van der Waals surface area (Å²) in [5.41, 5.74) is 0. The first-order valence-electron chi connectivity index (χ1n) is 6.75. The minimum atomic E-state index is -4.10. The second kappa shape index (κ2) is 10.9. The second-order valence-corrected chi connectivity index (χ2v) is 7.55. The van der Waals surface area contributed by atoms with Crippen molar-refractivity contribution in [2.75, 3.05) is 26.9 Å². The number of sulfonamides is 1. The van der Waals surface area contributed by atoms with Gasteiger partial charge in [0.2, 0.25) is 0 Å². The number of halogens is 3. The SMILES string of the molecule is C=N/C(Br)=C\N/C(COCCOC)=N\S(=O)(=O)c1cccc(Cl)c1Cl. The fraction of sp³-hybridized carbons (Fsp3) is 0.286. The Kier molecular flexibility index (Phi) is 9.62. The molecule has 7 nitrogen and oxygen atoms in total. The quantitative estimate of drug-likeness (QED) is 0.258. The van der Waals surface area contributed by atoms with Gasteiger partial charge in [0, 0.05) is 13.3 Å². The van der Waals surface area contributed by atoms with Crippen LogP contribution in [-0.4, -0.2) is 47.9 Å². The van der Waals surface area contributed by atoms with Crippen molar-refractivity contribution in [1.29, 1.82) is 0 Å². The van der Waals surface area contributed by atoms with Gasteiger partial charge in [0.15, 0.2) is 0 Å². The summed E-state index contributed by atoms with van der Waals surface area (Å²) in [6.45, 7) is 3.84. The Labute approximate surface area is 164 Å². The standard InChI is InChI=1S/C14H16BrCl2N3O4S/c1-18-12(15)8-19-13(9-24-7-6-23-2)20-25(21,22)11-5-3-4-10(16)14(11)17/h3-5,8H,1,6-7,9H2,2H3,(H,19,20)/b12-8-. The van der Waals surface area contributed by atoms with Crippen LogP contribution in [0.5, 0.6) is 0 Å². The highest BCUT2D eigenvalue weighted by Gasteiger charge is 2.20. The van der Waals surface area contributed by atoms with Crippen LogP contribution >= 0.6 is 39.1 Å². The van der Waals surface area contributed by atoms with E-state index in [2.05, 4.69) is 37.4 Å². The summed E-state index contributed by atoms with van der Waals surface area (Å²) >= 11 is 14.9. The highest BCUT2D eigenvalue weighted by molar-refractivity contribution is 9.11. The molecule has 0 saturated heterocycles. The third-order valence-electron chi connectivity index (χ3n) is 2.60. The molecule has 0 fully saturated rings. The molecule has 0 radical (unpaired) electrons. The number of amidine groups is 1. The average Bonchev–Trinajstić information content (AvgIpc) is 2.58. The number of hydrogen-bond acceptors (Lipinski definition) is 5. The summed E-state index contributed by atoms with van der Waals surface area (Å²) in [5, 5.41) is 2.71. The lowest BCUT2D eigenvalue weighted by molar-refractivity contribution is 0.0894.